The van der Waals surface area contributed by atoms with Crippen molar-refractivity contribution in [2.24, 2.45) is 10.8 Å². The number of rotatable bonds is 1. The lowest BCUT2D eigenvalue weighted by atomic mass is 9.98. The SMILES string of the molecule is Cc1cccc2c1NCCC2=NNC(N)=S. The minimum Gasteiger partial charge on any atom is -0.384 e. The van der Waals surface area contributed by atoms with E-state index in [1.54, 1.807) is 0 Å². The van der Waals surface area contributed by atoms with E-state index in [0.717, 1.165) is 29.9 Å². The summed E-state index contributed by atoms with van der Waals surface area (Å²) in [6, 6.07) is 6.15. The molecule has 0 saturated heterocycles. The van der Waals surface area contributed by atoms with Crippen molar-refractivity contribution in [3.8, 4) is 0 Å². The van der Waals surface area contributed by atoms with Crippen molar-refractivity contribution in [3.05, 3.63) is 29.3 Å². The van der Waals surface area contributed by atoms with Crippen molar-refractivity contribution >= 4 is 28.7 Å². The van der Waals surface area contributed by atoms with Crippen LogP contribution in [-0.4, -0.2) is 17.4 Å². The summed E-state index contributed by atoms with van der Waals surface area (Å²) in [6.07, 6.45) is 0.867. The molecule has 0 amide bonds. The largest absolute Gasteiger partial charge is 0.384 e. The lowest BCUT2D eigenvalue weighted by molar-refractivity contribution is 0.982. The number of thiocarbonyl (C=S) groups is 1. The van der Waals surface area contributed by atoms with Gasteiger partial charge in [-0.3, -0.25) is 5.43 Å². The molecule has 0 aliphatic carbocycles. The number of nitrogens with zero attached hydrogens (tertiary/aromatic N) is 1. The molecule has 84 valence electrons. The van der Waals surface area contributed by atoms with Crippen LogP contribution in [0.5, 0.6) is 0 Å². The van der Waals surface area contributed by atoms with Crippen molar-refractivity contribution in [2.75, 3.05) is 11.9 Å². The second kappa shape index (κ2) is 4.49. The molecule has 4 nitrogen and oxygen atoms in total. The predicted octanol–water partition coefficient (Wildman–Crippen LogP) is 1.35. The Morgan fingerprint density at radius 3 is 3.12 bits per heavy atom. The molecule has 2 rings (SSSR count). The highest BCUT2D eigenvalue weighted by atomic mass is 32.1. The third-order valence-electron chi connectivity index (χ3n) is 2.55. The Balaban J connectivity index is 2.37. The van der Waals surface area contributed by atoms with E-state index in [1.807, 2.05) is 6.07 Å². The lowest BCUT2D eigenvalue weighted by Gasteiger charge is -2.21. The Labute approximate surface area is 99.9 Å². The first kappa shape index (κ1) is 10.9. The maximum atomic E-state index is 5.36. The molecule has 1 aromatic rings. The highest BCUT2D eigenvalue weighted by Gasteiger charge is 2.16. The van der Waals surface area contributed by atoms with Gasteiger partial charge in [-0.2, -0.15) is 5.10 Å². The Morgan fingerprint density at radius 2 is 2.38 bits per heavy atom. The molecule has 1 aliphatic heterocycles. The molecule has 0 atom stereocenters. The van der Waals surface area contributed by atoms with E-state index in [0.29, 0.717) is 0 Å². The highest BCUT2D eigenvalue weighted by Crippen LogP contribution is 2.25. The minimum absolute atomic E-state index is 0.195. The number of para-hydroxylation sites is 1. The summed E-state index contributed by atoms with van der Waals surface area (Å²) >= 11 is 4.73. The van der Waals surface area contributed by atoms with Crippen molar-refractivity contribution in [2.45, 2.75) is 13.3 Å². The number of aryl methyl sites for hydroxylation is 1. The molecule has 16 heavy (non-hydrogen) atoms. The topological polar surface area (TPSA) is 62.4 Å². The molecule has 0 radical (unpaired) electrons. The smallest absolute Gasteiger partial charge is 0.184 e. The quantitative estimate of drug-likeness (QED) is 0.507. The van der Waals surface area contributed by atoms with Gasteiger partial charge in [0.2, 0.25) is 0 Å². The molecule has 4 N–H and O–H groups in total. The van der Waals surface area contributed by atoms with Crippen LogP contribution in [-0.2, 0) is 0 Å². The zero-order valence-corrected chi connectivity index (χ0v) is 9.90. The van der Waals surface area contributed by atoms with Gasteiger partial charge < -0.3 is 11.1 Å². The average molecular weight is 234 g/mol. The number of hydrazone groups is 1. The molecule has 0 aromatic heterocycles. The van der Waals surface area contributed by atoms with Crippen LogP contribution in [0.2, 0.25) is 0 Å². The van der Waals surface area contributed by atoms with E-state index >= 15 is 0 Å². The lowest BCUT2D eigenvalue weighted by Crippen LogP contribution is -2.28. The van der Waals surface area contributed by atoms with Gasteiger partial charge in [0, 0.05) is 24.2 Å². The Bertz CT molecular complexity index is 453. The van der Waals surface area contributed by atoms with Crippen molar-refractivity contribution in [1.82, 2.24) is 5.43 Å². The van der Waals surface area contributed by atoms with Gasteiger partial charge in [0.1, 0.15) is 0 Å². The Kier molecular flexibility index (Phi) is 3.05. The summed E-state index contributed by atoms with van der Waals surface area (Å²) in [5, 5.41) is 7.80. The normalized spacial score (nSPS) is 16.4. The zero-order chi connectivity index (χ0) is 11.5. The maximum absolute atomic E-state index is 5.36. The van der Waals surface area contributed by atoms with Gasteiger partial charge in [-0.05, 0) is 24.7 Å². The van der Waals surface area contributed by atoms with E-state index in [9.17, 15) is 0 Å². The number of hydrogen-bond donors (Lipinski definition) is 3. The van der Waals surface area contributed by atoms with Crippen LogP contribution in [0.3, 0.4) is 0 Å². The molecule has 1 aromatic carbocycles. The second-order valence-electron chi connectivity index (χ2n) is 3.71. The first-order valence-electron chi connectivity index (χ1n) is 5.14. The highest BCUT2D eigenvalue weighted by molar-refractivity contribution is 7.80. The molecule has 1 aliphatic rings. The monoisotopic (exact) mass is 234 g/mol. The Morgan fingerprint density at radius 1 is 1.56 bits per heavy atom. The summed E-state index contributed by atoms with van der Waals surface area (Å²) in [7, 11) is 0. The number of anilines is 1. The molecular weight excluding hydrogens is 220 g/mol. The summed E-state index contributed by atoms with van der Waals surface area (Å²) in [5.41, 5.74) is 12.5. The summed E-state index contributed by atoms with van der Waals surface area (Å²) < 4.78 is 0. The number of nitrogens with one attached hydrogen (secondary N) is 2. The van der Waals surface area contributed by atoms with Gasteiger partial charge >= 0.3 is 0 Å². The fourth-order valence-electron chi connectivity index (χ4n) is 1.82. The van der Waals surface area contributed by atoms with Crippen LogP contribution >= 0.6 is 12.2 Å². The van der Waals surface area contributed by atoms with E-state index in [1.165, 1.54) is 5.56 Å². The van der Waals surface area contributed by atoms with Crippen molar-refractivity contribution in [3.63, 3.8) is 0 Å². The van der Waals surface area contributed by atoms with Crippen LogP contribution < -0.4 is 16.5 Å². The van der Waals surface area contributed by atoms with Crippen molar-refractivity contribution in [1.29, 1.82) is 0 Å². The van der Waals surface area contributed by atoms with Gasteiger partial charge in [0.05, 0.1) is 5.71 Å². The van der Waals surface area contributed by atoms with Gasteiger partial charge in [-0.25, -0.2) is 0 Å². The molecule has 0 bridgehead atoms. The number of benzene rings is 1. The number of hydrogen-bond acceptors (Lipinski definition) is 3. The van der Waals surface area contributed by atoms with Crippen LogP contribution in [0.25, 0.3) is 0 Å². The fourth-order valence-corrected chi connectivity index (χ4v) is 1.87. The molecule has 0 unspecified atom stereocenters. The van der Waals surface area contributed by atoms with E-state index in [-0.39, 0.29) is 5.11 Å². The molecule has 0 fully saturated rings. The summed E-state index contributed by atoms with van der Waals surface area (Å²) in [5.74, 6) is 0. The summed E-state index contributed by atoms with van der Waals surface area (Å²) in [6.45, 7) is 2.96. The van der Waals surface area contributed by atoms with Gasteiger partial charge in [0.25, 0.3) is 0 Å². The van der Waals surface area contributed by atoms with Crippen LogP contribution in [0.1, 0.15) is 17.5 Å². The molecular formula is C11H14N4S. The Hall–Kier alpha value is -1.62. The van der Waals surface area contributed by atoms with Gasteiger partial charge in [-0.15, -0.1) is 0 Å². The van der Waals surface area contributed by atoms with E-state index in [4.69, 9.17) is 18.0 Å². The third-order valence-corrected chi connectivity index (χ3v) is 2.64. The van der Waals surface area contributed by atoms with Crippen LogP contribution in [0, 0.1) is 6.92 Å². The predicted molar refractivity (Wildman–Crippen MR) is 70.7 cm³/mol. The third kappa shape index (κ3) is 2.14. The van der Waals surface area contributed by atoms with Crippen LogP contribution in [0.15, 0.2) is 23.3 Å². The van der Waals surface area contributed by atoms with E-state index in [2.05, 4.69) is 34.9 Å². The standard InChI is InChI=1S/C11H14N4S/c1-7-3-2-4-8-9(14-15-11(12)16)5-6-13-10(7)8/h2-4,13H,5-6H2,1H3,(H3,12,15,16). The molecule has 0 spiro atoms. The molecule has 0 saturated carbocycles. The average Bonchev–Trinajstić information content (AvgIpc) is 2.27. The van der Waals surface area contributed by atoms with Crippen LogP contribution in [0.4, 0.5) is 5.69 Å². The fraction of sp³-hybridized carbons (Fsp3) is 0.273. The first-order valence-corrected chi connectivity index (χ1v) is 5.55. The van der Waals surface area contributed by atoms with E-state index < -0.39 is 0 Å². The molecule has 1 heterocycles. The number of fused-ring (bicyclic) bond motifs is 1. The maximum Gasteiger partial charge on any atom is 0.184 e. The minimum atomic E-state index is 0.195. The molecule has 5 heteroatoms. The summed E-state index contributed by atoms with van der Waals surface area (Å²) in [4.78, 5) is 0. The van der Waals surface area contributed by atoms with Gasteiger partial charge in [-0.1, -0.05) is 18.2 Å². The van der Waals surface area contributed by atoms with Crippen molar-refractivity contribution < 1.29 is 0 Å². The second-order valence-corrected chi connectivity index (χ2v) is 4.15. The first-order chi connectivity index (χ1) is 7.68. The zero-order valence-electron chi connectivity index (χ0n) is 9.08. The van der Waals surface area contributed by atoms with Gasteiger partial charge in [0.15, 0.2) is 5.11 Å². The number of nitrogens with two attached hydrogens (primary N) is 1.